The minimum Gasteiger partial charge on any atom is -0.387 e. The van der Waals surface area contributed by atoms with E-state index in [9.17, 15) is 9.90 Å². The number of aromatic nitrogens is 2. The lowest BCUT2D eigenvalue weighted by Gasteiger charge is -2.20. The molecule has 1 aromatic heterocycles. The van der Waals surface area contributed by atoms with Crippen LogP contribution >= 0.6 is 15.9 Å². The van der Waals surface area contributed by atoms with Crippen molar-refractivity contribution in [2.45, 2.75) is 32.3 Å². The Labute approximate surface area is 144 Å². The number of rotatable bonds is 4. The molecule has 0 aliphatic rings. The summed E-state index contributed by atoms with van der Waals surface area (Å²) in [5, 5.41) is 17.3. The molecule has 1 aromatic carbocycles. The largest absolute Gasteiger partial charge is 0.387 e. The van der Waals surface area contributed by atoms with Crippen molar-refractivity contribution in [1.29, 1.82) is 0 Å². The first-order chi connectivity index (χ1) is 10.7. The van der Waals surface area contributed by atoms with Crippen LogP contribution in [0.4, 0.5) is 5.69 Å². The van der Waals surface area contributed by atoms with Crippen molar-refractivity contribution in [2.75, 3.05) is 11.9 Å². The van der Waals surface area contributed by atoms with Gasteiger partial charge < -0.3 is 10.4 Å². The van der Waals surface area contributed by atoms with E-state index in [-0.39, 0.29) is 11.0 Å². The third-order valence-corrected chi connectivity index (χ3v) is 4.49. The first-order valence-corrected chi connectivity index (χ1v) is 8.23. The van der Waals surface area contributed by atoms with Crippen molar-refractivity contribution < 1.29 is 5.11 Å². The summed E-state index contributed by atoms with van der Waals surface area (Å²) in [5.74, 6) is 0. The van der Waals surface area contributed by atoms with E-state index in [2.05, 4.69) is 47.1 Å². The number of aryl methyl sites for hydroxylation is 1. The van der Waals surface area contributed by atoms with E-state index in [4.69, 9.17) is 0 Å². The van der Waals surface area contributed by atoms with Crippen LogP contribution < -0.4 is 10.9 Å². The Morgan fingerprint density at radius 3 is 2.48 bits per heavy atom. The van der Waals surface area contributed by atoms with Crippen molar-refractivity contribution in [2.24, 2.45) is 7.05 Å². The Morgan fingerprint density at radius 1 is 1.30 bits per heavy atom. The van der Waals surface area contributed by atoms with E-state index in [0.717, 1.165) is 5.56 Å². The summed E-state index contributed by atoms with van der Waals surface area (Å²) in [6.45, 7) is 6.75. The van der Waals surface area contributed by atoms with Crippen LogP contribution in [0.2, 0.25) is 0 Å². The highest BCUT2D eigenvalue weighted by Gasteiger charge is 2.15. The summed E-state index contributed by atoms with van der Waals surface area (Å²) < 4.78 is 1.65. The van der Waals surface area contributed by atoms with Gasteiger partial charge in [-0.05, 0) is 32.5 Å². The standard InChI is InChI=1S/C17H22BrN3O2/c1-17(2,3)12-7-5-11(6-8-12)14(22)10-19-13-9-20-21(4)16(23)15(13)18/h5-9,14,19,22H,10H2,1-4H3. The predicted molar refractivity (Wildman–Crippen MR) is 95.8 cm³/mol. The highest BCUT2D eigenvalue weighted by molar-refractivity contribution is 9.10. The van der Waals surface area contributed by atoms with Gasteiger partial charge >= 0.3 is 0 Å². The molecular weight excluding hydrogens is 358 g/mol. The van der Waals surface area contributed by atoms with E-state index in [1.165, 1.54) is 10.2 Å². The average molecular weight is 380 g/mol. The second kappa shape index (κ2) is 6.84. The number of aliphatic hydroxyl groups is 1. The topological polar surface area (TPSA) is 67.2 Å². The fraction of sp³-hybridized carbons (Fsp3) is 0.412. The molecule has 1 heterocycles. The minimum atomic E-state index is -0.667. The van der Waals surface area contributed by atoms with Gasteiger partial charge in [0.25, 0.3) is 5.56 Å². The zero-order valence-electron chi connectivity index (χ0n) is 13.8. The summed E-state index contributed by atoms with van der Waals surface area (Å²) in [6.07, 6.45) is 0.890. The molecule has 2 N–H and O–H groups in total. The number of benzene rings is 1. The molecule has 0 bridgehead atoms. The molecule has 0 radical (unpaired) electrons. The second-order valence-corrected chi connectivity index (χ2v) is 7.36. The first kappa shape index (κ1) is 17.7. The van der Waals surface area contributed by atoms with E-state index in [1.54, 1.807) is 13.2 Å². The van der Waals surface area contributed by atoms with Gasteiger partial charge in [0, 0.05) is 13.6 Å². The molecule has 0 fully saturated rings. The highest BCUT2D eigenvalue weighted by Crippen LogP contribution is 2.24. The summed E-state index contributed by atoms with van der Waals surface area (Å²) in [4.78, 5) is 11.8. The van der Waals surface area contributed by atoms with Crippen molar-refractivity contribution in [3.8, 4) is 0 Å². The fourth-order valence-electron chi connectivity index (χ4n) is 2.16. The molecule has 1 atom stereocenters. The summed E-state index contributed by atoms with van der Waals surface area (Å²) in [5.41, 5.74) is 2.48. The van der Waals surface area contributed by atoms with E-state index >= 15 is 0 Å². The third-order valence-electron chi connectivity index (χ3n) is 3.73. The van der Waals surface area contributed by atoms with Crippen LogP contribution in [0.5, 0.6) is 0 Å². The molecule has 0 aliphatic carbocycles. The van der Waals surface area contributed by atoms with Gasteiger partial charge in [-0.25, -0.2) is 4.68 Å². The van der Waals surface area contributed by atoms with Crippen LogP contribution in [0.3, 0.4) is 0 Å². The molecule has 2 rings (SSSR count). The number of hydrogen-bond acceptors (Lipinski definition) is 4. The maximum absolute atomic E-state index is 11.8. The summed E-state index contributed by atoms with van der Waals surface area (Å²) >= 11 is 3.25. The van der Waals surface area contributed by atoms with Crippen molar-refractivity contribution in [1.82, 2.24) is 9.78 Å². The van der Waals surface area contributed by atoms with Gasteiger partial charge in [-0.15, -0.1) is 0 Å². The Hall–Kier alpha value is -1.66. The number of nitrogens with one attached hydrogen (secondary N) is 1. The maximum atomic E-state index is 11.8. The molecule has 0 amide bonds. The van der Waals surface area contributed by atoms with Crippen LogP contribution in [0, 0.1) is 0 Å². The first-order valence-electron chi connectivity index (χ1n) is 7.44. The Morgan fingerprint density at radius 2 is 1.91 bits per heavy atom. The molecule has 1 unspecified atom stereocenters. The monoisotopic (exact) mass is 379 g/mol. The van der Waals surface area contributed by atoms with Crippen LogP contribution in [0.1, 0.15) is 38.0 Å². The maximum Gasteiger partial charge on any atom is 0.282 e. The molecular formula is C17H22BrN3O2. The van der Waals surface area contributed by atoms with Crippen LogP contribution in [0.15, 0.2) is 39.7 Å². The van der Waals surface area contributed by atoms with Gasteiger partial charge in [-0.2, -0.15) is 5.10 Å². The average Bonchev–Trinajstić information content (AvgIpc) is 2.51. The molecule has 124 valence electrons. The molecule has 23 heavy (non-hydrogen) atoms. The van der Waals surface area contributed by atoms with Gasteiger partial charge in [0.1, 0.15) is 4.47 Å². The zero-order valence-corrected chi connectivity index (χ0v) is 15.4. The highest BCUT2D eigenvalue weighted by atomic mass is 79.9. The Bertz CT molecular complexity index is 733. The number of hydrogen-bond donors (Lipinski definition) is 2. The Balaban J connectivity index is 2.07. The lowest BCUT2D eigenvalue weighted by atomic mass is 9.86. The number of halogens is 1. The van der Waals surface area contributed by atoms with E-state index in [1.807, 2.05) is 24.3 Å². The quantitative estimate of drug-likeness (QED) is 0.856. The van der Waals surface area contributed by atoms with E-state index in [0.29, 0.717) is 16.7 Å². The van der Waals surface area contributed by atoms with Gasteiger partial charge in [-0.3, -0.25) is 4.79 Å². The zero-order chi connectivity index (χ0) is 17.2. The normalized spacial score (nSPS) is 13.0. The second-order valence-electron chi connectivity index (χ2n) is 6.57. The smallest absolute Gasteiger partial charge is 0.282 e. The van der Waals surface area contributed by atoms with Crippen molar-refractivity contribution >= 4 is 21.6 Å². The minimum absolute atomic E-state index is 0.0857. The van der Waals surface area contributed by atoms with Gasteiger partial charge in [-0.1, -0.05) is 45.0 Å². The molecule has 0 aliphatic heterocycles. The molecule has 5 nitrogen and oxygen atoms in total. The number of aliphatic hydroxyl groups excluding tert-OH is 1. The summed E-state index contributed by atoms with van der Waals surface area (Å²) in [7, 11) is 1.59. The molecule has 6 heteroatoms. The van der Waals surface area contributed by atoms with Crippen LogP contribution in [-0.4, -0.2) is 21.4 Å². The lowest BCUT2D eigenvalue weighted by molar-refractivity contribution is 0.191. The number of nitrogens with zero attached hydrogens (tertiary/aromatic N) is 2. The SMILES string of the molecule is Cn1ncc(NCC(O)c2ccc(C(C)(C)C)cc2)c(Br)c1=O. The molecule has 0 spiro atoms. The van der Waals surface area contributed by atoms with E-state index < -0.39 is 6.10 Å². The predicted octanol–water partition coefficient (Wildman–Crippen LogP) is 2.99. The summed E-state index contributed by atoms with van der Waals surface area (Å²) in [6, 6.07) is 7.94. The van der Waals surface area contributed by atoms with Crippen molar-refractivity contribution in [3.05, 3.63) is 56.4 Å². The Kier molecular flexibility index (Phi) is 5.26. The molecule has 0 saturated carbocycles. The fourth-order valence-corrected chi connectivity index (χ4v) is 2.66. The van der Waals surface area contributed by atoms with Gasteiger partial charge in [0.15, 0.2) is 0 Å². The van der Waals surface area contributed by atoms with Crippen LogP contribution in [-0.2, 0) is 12.5 Å². The lowest BCUT2D eigenvalue weighted by Crippen LogP contribution is -2.22. The molecule has 0 saturated heterocycles. The third kappa shape index (κ3) is 4.20. The van der Waals surface area contributed by atoms with Gasteiger partial charge in [0.05, 0.1) is 18.0 Å². The van der Waals surface area contributed by atoms with Gasteiger partial charge in [0.2, 0.25) is 0 Å². The number of anilines is 1. The van der Waals surface area contributed by atoms with Crippen LogP contribution in [0.25, 0.3) is 0 Å². The van der Waals surface area contributed by atoms with Crippen molar-refractivity contribution in [3.63, 3.8) is 0 Å². The molecule has 2 aromatic rings.